The molecule has 0 saturated carbocycles. The van der Waals surface area contributed by atoms with Crippen LogP contribution in [0.2, 0.25) is 0 Å². The minimum absolute atomic E-state index is 0.316. The molecule has 1 saturated heterocycles. The van der Waals surface area contributed by atoms with E-state index in [0.29, 0.717) is 32.2 Å². The Morgan fingerprint density at radius 1 is 1.19 bits per heavy atom. The van der Waals surface area contributed by atoms with E-state index >= 15 is 0 Å². The van der Waals surface area contributed by atoms with Gasteiger partial charge in [0.05, 0.1) is 12.0 Å². The number of hydrogen-bond acceptors (Lipinski definition) is 8. The lowest BCUT2D eigenvalue weighted by molar-refractivity contribution is -0.166. The molecule has 212 valence electrons. The van der Waals surface area contributed by atoms with E-state index in [1.807, 2.05) is 0 Å². The number of ether oxygens (including phenoxy) is 3. The molecule has 0 radical (unpaired) electrons. The van der Waals surface area contributed by atoms with Crippen molar-refractivity contribution in [3.05, 3.63) is 12.7 Å². The summed E-state index contributed by atoms with van der Waals surface area (Å²) in [4.78, 5) is 51.0. The van der Waals surface area contributed by atoms with E-state index < -0.39 is 58.3 Å². The third-order valence-electron chi connectivity index (χ3n) is 5.84. The Labute approximate surface area is 233 Å². The molecule has 2 N–H and O–H groups in total. The average Bonchev–Trinajstić information content (AvgIpc) is 2.84. The SMILES string of the molecule is C=CCC[C@@H](OC)[C@@H](C)C(=O)OC(C(=O)N[C@@H](C)C(=O)N1CCC[C@@H](C(=O)OCC(Cl)(Cl)Cl)N1)C(C)C. The van der Waals surface area contributed by atoms with Crippen LogP contribution in [0.5, 0.6) is 0 Å². The second-order valence-electron chi connectivity index (χ2n) is 9.30. The van der Waals surface area contributed by atoms with Crippen LogP contribution in [0.4, 0.5) is 0 Å². The Bertz CT molecular complexity index is 807. The first-order chi connectivity index (χ1) is 17.2. The monoisotopic (exact) mass is 585 g/mol. The van der Waals surface area contributed by atoms with Crippen molar-refractivity contribution in [1.82, 2.24) is 15.8 Å². The number of hydrazine groups is 1. The molecule has 10 nitrogen and oxygen atoms in total. The Morgan fingerprint density at radius 3 is 2.38 bits per heavy atom. The second kappa shape index (κ2) is 15.7. The number of carbonyl (C=O) groups excluding carboxylic acids is 4. The minimum atomic E-state index is -1.75. The smallest absolute Gasteiger partial charge is 0.325 e. The molecule has 37 heavy (non-hydrogen) atoms. The molecule has 1 fully saturated rings. The third kappa shape index (κ3) is 11.4. The lowest BCUT2D eigenvalue weighted by Crippen LogP contribution is -2.60. The van der Waals surface area contributed by atoms with Crippen molar-refractivity contribution in [1.29, 1.82) is 0 Å². The van der Waals surface area contributed by atoms with Gasteiger partial charge in [-0.15, -0.1) is 6.58 Å². The van der Waals surface area contributed by atoms with E-state index in [0.717, 1.165) is 0 Å². The highest BCUT2D eigenvalue weighted by Crippen LogP contribution is 2.26. The van der Waals surface area contributed by atoms with Gasteiger partial charge in [-0.3, -0.25) is 24.2 Å². The van der Waals surface area contributed by atoms with E-state index in [-0.39, 0.29) is 12.0 Å². The van der Waals surface area contributed by atoms with Crippen LogP contribution in [0, 0.1) is 11.8 Å². The molecule has 1 heterocycles. The van der Waals surface area contributed by atoms with Gasteiger partial charge >= 0.3 is 11.9 Å². The molecular weight excluding hydrogens is 549 g/mol. The number of halogens is 3. The van der Waals surface area contributed by atoms with Crippen LogP contribution in [0.3, 0.4) is 0 Å². The maximum absolute atomic E-state index is 13.0. The van der Waals surface area contributed by atoms with Crippen LogP contribution in [0.25, 0.3) is 0 Å². The van der Waals surface area contributed by atoms with Crippen LogP contribution in [-0.2, 0) is 33.4 Å². The van der Waals surface area contributed by atoms with Crippen molar-refractivity contribution in [2.24, 2.45) is 11.8 Å². The molecule has 0 aromatic heterocycles. The number of hydrogen-bond donors (Lipinski definition) is 2. The molecule has 1 aliphatic heterocycles. The summed E-state index contributed by atoms with van der Waals surface area (Å²) in [5, 5.41) is 3.86. The molecule has 1 rings (SSSR count). The van der Waals surface area contributed by atoms with Crippen LogP contribution >= 0.6 is 34.8 Å². The standard InChI is InChI=1S/C24H38Cl3N3O7/c1-7-8-11-18(35-6)15(4)22(33)37-19(14(2)3)20(31)28-16(5)21(32)30-12-9-10-17(29-30)23(34)36-13-24(25,26)27/h7,14-19,29H,1,8-13H2,2-6H3,(H,28,31)/t15-,16+,17+,18-,19?/m1/s1. The Balaban J connectivity index is 2.75. The molecule has 2 amide bonds. The number of alkyl halides is 3. The summed E-state index contributed by atoms with van der Waals surface area (Å²) in [5.74, 6) is -3.27. The zero-order valence-electron chi connectivity index (χ0n) is 21.9. The molecule has 0 bridgehead atoms. The maximum atomic E-state index is 13.0. The van der Waals surface area contributed by atoms with Gasteiger partial charge in [0.25, 0.3) is 11.8 Å². The number of allylic oxidation sites excluding steroid dienone is 1. The zero-order chi connectivity index (χ0) is 28.3. The van der Waals surface area contributed by atoms with Gasteiger partial charge in [0, 0.05) is 13.7 Å². The van der Waals surface area contributed by atoms with Crippen molar-refractivity contribution in [2.45, 2.75) is 81.5 Å². The first-order valence-electron chi connectivity index (χ1n) is 12.2. The van der Waals surface area contributed by atoms with Crippen LogP contribution in [0.15, 0.2) is 12.7 Å². The van der Waals surface area contributed by atoms with Crippen LogP contribution in [-0.4, -0.2) is 77.1 Å². The number of carbonyl (C=O) groups is 4. The summed E-state index contributed by atoms with van der Waals surface area (Å²) in [6.45, 7) is 10.2. The summed E-state index contributed by atoms with van der Waals surface area (Å²) < 4.78 is 14.2. The van der Waals surface area contributed by atoms with Crippen molar-refractivity contribution in [3.63, 3.8) is 0 Å². The van der Waals surface area contributed by atoms with E-state index in [1.165, 1.54) is 19.0 Å². The average molecular weight is 587 g/mol. The summed E-state index contributed by atoms with van der Waals surface area (Å²) in [5.41, 5.74) is 2.80. The number of methoxy groups -OCH3 is 1. The fourth-order valence-corrected chi connectivity index (χ4v) is 3.85. The van der Waals surface area contributed by atoms with Crippen LogP contribution < -0.4 is 10.7 Å². The second-order valence-corrected chi connectivity index (χ2v) is 11.8. The summed E-state index contributed by atoms with van der Waals surface area (Å²) >= 11 is 16.8. The van der Waals surface area contributed by atoms with Crippen molar-refractivity contribution in [3.8, 4) is 0 Å². The number of rotatable bonds is 13. The molecule has 0 aromatic carbocycles. The first kappa shape index (κ1) is 33.4. The van der Waals surface area contributed by atoms with Gasteiger partial charge < -0.3 is 19.5 Å². The molecule has 0 spiro atoms. The lowest BCUT2D eigenvalue weighted by atomic mass is 9.99. The van der Waals surface area contributed by atoms with Crippen LogP contribution in [0.1, 0.15) is 53.4 Å². The molecular formula is C24H38Cl3N3O7. The maximum Gasteiger partial charge on any atom is 0.325 e. The molecule has 1 unspecified atom stereocenters. The van der Waals surface area contributed by atoms with Gasteiger partial charge in [-0.25, -0.2) is 5.43 Å². The fourth-order valence-electron chi connectivity index (χ4n) is 3.69. The quantitative estimate of drug-likeness (QED) is 0.192. The summed E-state index contributed by atoms with van der Waals surface area (Å²) in [6, 6.07) is -1.78. The Kier molecular flexibility index (Phi) is 14.2. The number of esters is 2. The lowest BCUT2D eigenvalue weighted by Gasteiger charge is -2.34. The molecule has 0 aliphatic carbocycles. The van der Waals surface area contributed by atoms with E-state index in [9.17, 15) is 19.2 Å². The van der Waals surface area contributed by atoms with Gasteiger partial charge in [0.2, 0.25) is 3.79 Å². The topological polar surface area (TPSA) is 123 Å². The molecule has 0 aromatic rings. The predicted octanol–water partition coefficient (Wildman–Crippen LogP) is 3.09. The predicted molar refractivity (Wildman–Crippen MR) is 141 cm³/mol. The van der Waals surface area contributed by atoms with Crippen molar-refractivity contribution >= 4 is 58.6 Å². The number of amides is 2. The highest BCUT2D eigenvalue weighted by atomic mass is 35.6. The highest BCUT2D eigenvalue weighted by Gasteiger charge is 2.36. The van der Waals surface area contributed by atoms with E-state index in [1.54, 1.807) is 26.8 Å². The van der Waals surface area contributed by atoms with Crippen molar-refractivity contribution in [2.75, 3.05) is 20.3 Å². The third-order valence-corrected chi connectivity index (χ3v) is 6.17. The van der Waals surface area contributed by atoms with E-state index in [2.05, 4.69) is 17.3 Å². The van der Waals surface area contributed by atoms with Gasteiger partial charge in [0.15, 0.2) is 6.10 Å². The molecule has 5 atom stereocenters. The van der Waals surface area contributed by atoms with Gasteiger partial charge in [-0.1, -0.05) is 54.7 Å². The number of nitrogens with one attached hydrogen (secondary N) is 2. The van der Waals surface area contributed by atoms with Crippen molar-refractivity contribution < 1.29 is 33.4 Å². The largest absolute Gasteiger partial charge is 0.460 e. The summed E-state index contributed by atoms with van der Waals surface area (Å²) in [6.07, 6.45) is 2.43. The normalized spacial score (nSPS) is 19.4. The Morgan fingerprint density at radius 2 is 1.84 bits per heavy atom. The zero-order valence-corrected chi connectivity index (χ0v) is 24.2. The highest BCUT2D eigenvalue weighted by molar-refractivity contribution is 6.67. The Hall–Kier alpha value is -1.59. The van der Waals surface area contributed by atoms with Gasteiger partial charge in [0.1, 0.15) is 18.7 Å². The summed E-state index contributed by atoms with van der Waals surface area (Å²) in [7, 11) is 1.51. The fraction of sp³-hybridized carbons (Fsp3) is 0.750. The molecule has 13 heteroatoms. The van der Waals surface area contributed by atoms with E-state index in [4.69, 9.17) is 49.0 Å². The van der Waals surface area contributed by atoms with Gasteiger partial charge in [-0.2, -0.15) is 0 Å². The number of nitrogens with zero attached hydrogens (tertiary/aromatic N) is 1. The first-order valence-corrected chi connectivity index (χ1v) is 13.3. The molecule has 1 aliphatic rings. The minimum Gasteiger partial charge on any atom is -0.460 e. The van der Waals surface area contributed by atoms with Gasteiger partial charge in [-0.05, 0) is 45.4 Å².